The van der Waals surface area contributed by atoms with E-state index in [-0.39, 0.29) is 0 Å². The minimum atomic E-state index is 0.681. The topological polar surface area (TPSA) is 21.3 Å². The monoisotopic (exact) mass is 231 g/mol. The Morgan fingerprint density at radius 3 is 2.53 bits per heavy atom. The molecule has 0 spiro atoms. The Kier molecular flexibility index (Phi) is 6.69. The molecule has 1 aliphatic heterocycles. The second-order valence-electron chi connectivity index (χ2n) is 4.66. The van der Waals surface area contributed by atoms with Crippen LogP contribution < -0.4 is 5.32 Å². The number of rotatable bonds is 6. The predicted octanol–water partition coefficient (Wildman–Crippen LogP) is 2.53. The highest BCUT2D eigenvalue weighted by atomic mass is 32.2. The molecule has 0 saturated carbocycles. The summed E-state index contributed by atoms with van der Waals surface area (Å²) in [6, 6.07) is 0.681. The molecule has 0 aliphatic carbocycles. The van der Waals surface area contributed by atoms with Crippen molar-refractivity contribution in [2.45, 2.75) is 44.4 Å². The first-order valence-electron chi connectivity index (χ1n) is 6.09. The van der Waals surface area contributed by atoms with Gasteiger partial charge in [0.2, 0.25) is 0 Å². The zero-order chi connectivity index (χ0) is 11.1. The molecule has 1 N–H and O–H groups in total. The van der Waals surface area contributed by atoms with Crippen LogP contribution in [0.15, 0.2) is 0 Å². The SMILES string of the molecule is CNC(CSC(C)C)CC1CCOCC1. The minimum absolute atomic E-state index is 0.681. The molecule has 1 unspecified atom stereocenters. The molecule has 0 amide bonds. The first kappa shape index (κ1) is 13.3. The molecule has 3 heteroatoms. The number of nitrogens with one attached hydrogen (secondary N) is 1. The summed E-state index contributed by atoms with van der Waals surface area (Å²) in [6.07, 6.45) is 3.83. The van der Waals surface area contributed by atoms with E-state index in [1.165, 1.54) is 25.0 Å². The first-order valence-corrected chi connectivity index (χ1v) is 7.14. The summed E-state index contributed by atoms with van der Waals surface area (Å²) >= 11 is 2.06. The van der Waals surface area contributed by atoms with Crippen LogP contribution in [-0.4, -0.2) is 37.3 Å². The number of hydrogen-bond acceptors (Lipinski definition) is 3. The summed E-state index contributed by atoms with van der Waals surface area (Å²) in [5.41, 5.74) is 0. The van der Waals surface area contributed by atoms with E-state index in [4.69, 9.17) is 4.74 Å². The van der Waals surface area contributed by atoms with Crippen molar-refractivity contribution in [3.63, 3.8) is 0 Å². The van der Waals surface area contributed by atoms with Gasteiger partial charge in [-0.3, -0.25) is 0 Å². The largest absolute Gasteiger partial charge is 0.381 e. The van der Waals surface area contributed by atoms with Gasteiger partial charge in [0.1, 0.15) is 0 Å². The van der Waals surface area contributed by atoms with Gasteiger partial charge in [-0.05, 0) is 37.5 Å². The van der Waals surface area contributed by atoms with Gasteiger partial charge in [-0.2, -0.15) is 11.8 Å². The number of hydrogen-bond donors (Lipinski definition) is 1. The van der Waals surface area contributed by atoms with Crippen LogP contribution in [0, 0.1) is 5.92 Å². The van der Waals surface area contributed by atoms with Crippen LogP contribution in [0.25, 0.3) is 0 Å². The second kappa shape index (κ2) is 7.53. The quantitative estimate of drug-likeness (QED) is 0.759. The highest BCUT2D eigenvalue weighted by Gasteiger charge is 2.18. The van der Waals surface area contributed by atoms with Gasteiger partial charge in [0.25, 0.3) is 0 Å². The summed E-state index contributed by atoms with van der Waals surface area (Å²) in [6.45, 7) is 6.48. The van der Waals surface area contributed by atoms with Gasteiger partial charge >= 0.3 is 0 Å². The van der Waals surface area contributed by atoms with Crippen molar-refractivity contribution in [2.75, 3.05) is 26.0 Å². The van der Waals surface area contributed by atoms with Crippen LogP contribution in [0.4, 0.5) is 0 Å². The summed E-state index contributed by atoms with van der Waals surface area (Å²) in [7, 11) is 2.09. The number of thioether (sulfide) groups is 1. The van der Waals surface area contributed by atoms with E-state index in [0.717, 1.165) is 24.4 Å². The van der Waals surface area contributed by atoms with E-state index in [2.05, 4.69) is 38.0 Å². The summed E-state index contributed by atoms with van der Waals surface area (Å²) in [5, 5.41) is 4.19. The second-order valence-corrected chi connectivity index (χ2v) is 6.27. The van der Waals surface area contributed by atoms with Crippen molar-refractivity contribution < 1.29 is 4.74 Å². The predicted molar refractivity (Wildman–Crippen MR) is 68.6 cm³/mol. The third-order valence-corrected chi connectivity index (χ3v) is 4.26. The Labute approximate surface area is 98.5 Å². The lowest BCUT2D eigenvalue weighted by Gasteiger charge is -2.26. The third-order valence-electron chi connectivity index (χ3n) is 3.00. The van der Waals surface area contributed by atoms with Crippen molar-refractivity contribution in [1.29, 1.82) is 0 Å². The van der Waals surface area contributed by atoms with Gasteiger partial charge < -0.3 is 10.1 Å². The van der Waals surface area contributed by atoms with E-state index >= 15 is 0 Å². The van der Waals surface area contributed by atoms with Crippen molar-refractivity contribution in [3.05, 3.63) is 0 Å². The van der Waals surface area contributed by atoms with Gasteiger partial charge in [0, 0.05) is 25.0 Å². The van der Waals surface area contributed by atoms with Crippen LogP contribution in [0.5, 0.6) is 0 Å². The van der Waals surface area contributed by atoms with E-state index in [9.17, 15) is 0 Å². The Balaban J connectivity index is 2.19. The molecule has 0 radical (unpaired) electrons. The molecule has 0 aromatic heterocycles. The average Bonchev–Trinajstić information content (AvgIpc) is 2.25. The Bertz CT molecular complexity index is 158. The summed E-state index contributed by atoms with van der Waals surface area (Å²) in [5.74, 6) is 2.12. The Morgan fingerprint density at radius 2 is 2.00 bits per heavy atom. The molecule has 2 nitrogen and oxygen atoms in total. The lowest BCUT2D eigenvalue weighted by atomic mass is 9.93. The Hall–Kier alpha value is 0.270. The fraction of sp³-hybridized carbons (Fsp3) is 1.00. The standard InChI is InChI=1S/C12H25NOS/c1-10(2)15-9-12(13-3)8-11-4-6-14-7-5-11/h10-13H,4-9H2,1-3H3. The molecular weight excluding hydrogens is 206 g/mol. The molecule has 1 fully saturated rings. The maximum absolute atomic E-state index is 5.39. The van der Waals surface area contributed by atoms with Gasteiger partial charge in [0.15, 0.2) is 0 Å². The van der Waals surface area contributed by atoms with Crippen LogP contribution in [0.1, 0.15) is 33.1 Å². The van der Waals surface area contributed by atoms with Gasteiger partial charge in [0.05, 0.1) is 0 Å². The summed E-state index contributed by atoms with van der Waals surface area (Å²) in [4.78, 5) is 0. The van der Waals surface area contributed by atoms with Crippen molar-refractivity contribution in [1.82, 2.24) is 5.32 Å². The highest BCUT2D eigenvalue weighted by Crippen LogP contribution is 2.22. The molecule has 1 aliphatic rings. The van der Waals surface area contributed by atoms with Gasteiger partial charge in [-0.25, -0.2) is 0 Å². The molecule has 1 atom stereocenters. The zero-order valence-corrected chi connectivity index (χ0v) is 11.1. The van der Waals surface area contributed by atoms with Gasteiger partial charge in [-0.15, -0.1) is 0 Å². The Morgan fingerprint density at radius 1 is 1.33 bits per heavy atom. The molecule has 1 heterocycles. The lowest BCUT2D eigenvalue weighted by Crippen LogP contribution is -2.32. The smallest absolute Gasteiger partial charge is 0.0468 e. The molecule has 0 aromatic rings. The first-order chi connectivity index (χ1) is 7.22. The lowest BCUT2D eigenvalue weighted by molar-refractivity contribution is 0.0616. The van der Waals surface area contributed by atoms with Crippen LogP contribution in [0.3, 0.4) is 0 Å². The van der Waals surface area contributed by atoms with Gasteiger partial charge in [-0.1, -0.05) is 13.8 Å². The summed E-state index contributed by atoms with van der Waals surface area (Å²) < 4.78 is 5.39. The third kappa shape index (κ3) is 5.79. The normalized spacial score (nSPS) is 20.8. The van der Waals surface area contributed by atoms with Crippen LogP contribution >= 0.6 is 11.8 Å². The van der Waals surface area contributed by atoms with Crippen LogP contribution in [0.2, 0.25) is 0 Å². The molecule has 0 aromatic carbocycles. The van der Waals surface area contributed by atoms with E-state index < -0.39 is 0 Å². The molecule has 90 valence electrons. The van der Waals surface area contributed by atoms with Crippen molar-refractivity contribution >= 4 is 11.8 Å². The van der Waals surface area contributed by atoms with E-state index in [1.807, 2.05) is 0 Å². The maximum atomic E-state index is 5.39. The van der Waals surface area contributed by atoms with E-state index in [1.54, 1.807) is 0 Å². The van der Waals surface area contributed by atoms with Crippen LogP contribution in [-0.2, 0) is 4.74 Å². The average molecular weight is 231 g/mol. The van der Waals surface area contributed by atoms with Crippen molar-refractivity contribution in [2.24, 2.45) is 5.92 Å². The molecule has 0 bridgehead atoms. The molecule has 1 saturated heterocycles. The van der Waals surface area contributed by atoms with Crippen molar-refractivity contribution in [3.8, 4) is 0 Å². The molecular formula is C12H25NOS. The molecule has 15 heavy (non-hydrogen) atoms. The number of ether oxygens (including phenoxy) is 1. The highest BCUT2D eigenvalue weighted by molar-refractivity contribution is 7.99. The minimum Gasteiger partial charge on any atom is -0.381 e. The van der Waals surface area contributed by atoms with E-state index in [0.29, 0.717) is 6.04 Å². The fourth-order valence-corrected chi connectivity index (χ4v) is 2.88. The fourth-order valence-electron chi connectivity index (χ4n) is 1.96. The molecule has 1 rings (SSSR count). The maximum Gasteiger partial charge on any atom is 0.0468 e. The zero-order valence-electron chi connectivity index (χ0n) is 10.3.